The minimum Gasteiger partial charge on any atom is -0.495 e. The van der Waals surface area contributed by atoms with Crippen LogP contribution in [0.1, 0.15) is 16.8 Å². The Hall–Kier alpha value is -3.13. The Morgan fingerprint density at radius 2 is 2.11 bits per heavy atom. The van der Waals surface area contributed by atoms with E-state index in [1.54, 1.807) is 23.1 Å². The number of likely N-dealkylation sites (tertiary alicyclic amines) is 1. The van der Waals surface area contributed by atoms with Crippen molar-refractivity contribution >= 4 is 35.1 Å². The Balaban J connectivity index is 1.66. The number of amides is 2. The molecule has 146 valence electrons. The fourth-order valence-corrected chi connectivity index (χ4v) is 3.02. The zero-order valence-electron chi connectivity index (χ0n) is 15.3. The number of carbonyl (C=O) groups is 2. The number of methoxy groups -OCH3 is 1. The van der Waals surface area contributed by atoms with Crippen molar-refractivity contribution in [2.75, 3.05) is 30.8 Å². The summed E-state index contributed by atoms with van der Waals surface area (Å²) < 4.78 is 5.29. The first kappa shape index (κ1) is 19.6. The molecular formula is C19H20ClN5O3. The first-order valence-corrected chi connectivity index (χ1v) is 9.02. The van der Waals surface area contributed by atoms with Crippen LogP contribution >= 0.6 is 11.6 Å². The molecule has 0 bridgehead atoms. The van der Waals surface area contributed by atoms with E-state index < -0.39 is 0 Å². The molecule has 9 heteroatoms. The largest absolute Gasteiger partial charge is 0.495 e. The molecule has 1 aliphatic heterocycles. The molecule has 8 nitrogen and oxygen atoms in total. The van der Waals surface area contributed by atoms with Gasteiger partial charge in [-0.3, -0.25) is 9.59 Å². The maximum atomic E-state index is 12.8. The monoisotopic (exact) mass is 401 g/mol. The van der Waals surface area contributed by atoms with E-state index in [1.165, 1.54) is 25.6 Å². The molecule has 1 fully saturated rings. The van der Waals surface area contributed by atoms with Crippen LogP contribution < -0.4 is 15.4 Å². The van der Waals surface area contributed by atoms with Gasteiger partial charge in [0, 0.05) is 24.7 Å². The number of benzene rings is 1. The van der Waals surface area contributed by atoms with Crippen molar-refractivity contribution in [3.63, 3.8) is 0 Å². The van der Waals surface area contributed by atoms with Crippen molar-refractivity contribution in [3.8, 4) is 5.75 Å². The summed E-state index contributed by atoms with van der Waals surface area (Å²) >= 11 is 5.79. The van der Waals surface area contributed by atoms with Crippen LogP contribution in [-0.2, 0) is 4.79 Å². The first-order valence-electron chi connectivity index (χ1n) is 8.65. The quantitative estimate of drug-likeness (QED) is 0.722. The molecule has 1 saturated heterocycles. The molecule has 3 rings (SSSR count). The first-order chi connectivity index (χ1) is 13.5. The van der Waals surface area contributed by atoms with E-state index >= 15 is 0 Å². The Morgan fingerprint density at radius 1 is 1.36 bits per heavy atom. The predicted molar refractivity (Wildman–Crippen MR) is 107 cm³/mol. The Bertz CT molecular complexity index is 888. The SMILES string of the molecule is C=CC(=O)Nc1ccc(C(=O)N2CC[C@@H](Nc3ncc(Cl)cn3)C2)cc1OC. The fourth-order valence-electron chi connectivity index (χ4n) is 2.93. The third kappa shape index (κ3) is 4.58. The summed E-state index contributed by atoms with van der Waals surface area (Å²) in [4.78, 5) is 34.3. The van der Waals surface area contributed by atoms with E-state index in [0.29, 0.717) is 41.1 Å². The standard InChI is InChI=1S/C19H20ClN5O3/c1-3-17(26)24-15-5-4-12(8-16(15)28-2)18(27)25-7-6-14(11-25)23-19-21-9-13(20)10-22-19/h3-5,8-10,14H,1,6-7,11H2,2H3,(H,24,26)(H,21,22,23)/t14-/m1/s1. The Labute approximate surface area is 167 Å². The third-order valence-electron chi connectivity index (χ3n) is 4.32. The highest BCUT2D eigenvalue weighted by molar-refractivity contribution is 6.30. The van der Waals surface area contributed by atoms with E-state index in [9.17, 15) is 9.59 Å². The van der Waals surface area contributed by atoms with Gasteiger partial charge in [-0.25, -0.2) is 9.97 Å². The van der Waals surface area contributed by atoms with Gasteiger partial charge < -0.3 is 20.3 Å². The van der Waals surface area contributed by atoms with Gasteiger partial charge >= 0.3 is 0 Å². The maximum Gasteiger partial charge on any atom is 0.254 e. The van der Waals surface area contributed by atoms with Gasteiger partial charge in [0.15, 0.2) is 0 Å². The molecule has 0 spiro atoms. The smallest absolute Gasteiger partial charge is 0.254 e. The normalized spacial score (nSPS) is 15.8. The molecule has 0 saturated carbocycles. The number of aromatic nitrogens is 2. The van der Waals surface area contributed by atoms with Crippen molar-refractivity contribution in [1.29, 1.82) is 0 Å². The lowest BCUT2D eigenvalue weighted by molar-refractivity contribution is -0.111. The highest BCUT2D eigenvalue weighted by atomic mass is 35.5. The van der Waals surface area contributed by atoms with Gasteiger partial charge in [-0.05, 0) is 30.7 Å². The van der Waals surface area contributed by atoms with Crippen molar-refractivity contribution in [2.24, 2.45) is 0 Å². The van der Waals surface area contributed by atoms with E-state index in [4.69, 9.17) is 16.3 Å². The number of nitrogens with zero attached hydrogens (tertiary/aromatic N) is 3. The van der Waals surface area contributed by atoms with Crippen molar-refractivity contribution in [1.82, 2.24) is 14.9 Å². The highest BCUT2D eigenvalue weighted by Gasteiger charge is 2.28. The molecule has 1 aliphatic rings. The number of carbonyl (C=O) groups excluding carboxylic acids is 2. The van der Waals surface area contributed by atoms with Crippen LogP contribution in [0.2, 0.25) is 5.02 Å². The summed E-state index contributed by atoms with van der Waals surface area (Å²) in [6.45, 7) is 4.56. The molecule has 0 unspecified atom stereocenters. The molecular weight excluding hydrogens is 382 g/mol. The average molecular weight is 402 g/mol. The number of rotatable bonds is 6. The molecule has 2 aromatic rings. The third-order valence-corrected chi connectivity index (χ3v) is 4.52. The van der Waals surface area contributed by atoms with E-state index in [1.807, 2.05) is 0 Å². The molecule has 1 aromatic heterocycles. The molecule has 2 amide bonds. The fraction of sp³-hybridized carbons (Fsp3) is 0.263. The van der Waals surface area contributed by atoms with Crippen molar-refractivity contribution < 1.29 is 14.3 Å². The topological polar surface area (TPSA) is 96.5 Å². The maximum absolute atomic E-state index is 12.8. The zero-order chi connectivity index (χ0) is 20.1. The second-order valence-corrected chi connectivity index (χ2v) is 6.65. The van der Waals surface area contributed by atoms with Gasteiger partial charge in [0.25, 0.3) is 5.91 Å². The molecule has 0 radical (unpaired) electrons. The van der Waals surface area contributed by atoms with Gasteiger partial charge in [0.2, 0.25) is 11.9 Å². The lowest BCUT2D eigenvalue weighted by Gasteiger charge is -2.18. The number of anilines is 2. The zero-order valence-corrected chi connectivity index (χ0v) is 16.1. The molecule has 1 atom stereocenters. The van der Waals surface area contributed by atoms with Crippen LogP contribution in [0.25, 0.3) is 0 Å². The highest BCUT2D eigenvalue weighted by Crippen LogP contribution is 2.27. The number of hydrogen-bond donors (Lipinski definition) is 2. The van der Waals surface area contributed by atoms with Gasteiger partial charge in [0.05, 0.1) is 30.2 Å². The van der Waals surface area contributed by atoms with Crippen molar-refractivity contribution in [3.05, 3.63) is 53.8 Å². The summed E-state index contributed by atoms with van der Waals surface area (Å²) in [6.07, 6.45) is 4.99. The van der Waals surface area contributed by atoms with E-state index in [2.05, 4.69) is 27.2 Å². The Kier molecular flexibility index (Phi) is 6.10. The van der Waals surface area contributed by atoms with Crippen LogP contribution in [0.4, 0.5) is 11.6 Å². The lowest BCUT2D eigenvalue weighted by Crippen LogP contribution is -2.31. The molecule has 1 aromatic carbocycles. The second kappa shape index (κ2) is 8.71. The van der Waals surface area contributed by atoms with Gasteiger partial charge in [-0.15, -0.1) is 0 Å². The summed E-state index contributed by atoms with van der Waals surface area (Å²) in [5.74, 6) is 0.425. The number of hydrogen-bond acceptors (Lipinski definition) is 6. The number of nitrogens with one attached hydrogen (secondary N) is 2. The Morgan fingerprint density at radius 3 is 2.79 bits per heavy atom. The summed E-state index contributed by atoms with van der Waals surface area (Å²) in [5, 5.41) is 6.32. The van der Waals surface area contributed by atoms with Gasteiger partial charge in [-0.2, -0.15) is 0 Å². The number of ether oxygens (including phenoxy) is 1. The van der Waals surface area contributed by atoms with Crippen LogP contribution in [0.15, 0.2) is 43.2 Å². The van der Waals surface area contributed by atoms with Crippen LogP contribution in [0.5, 0.6) is 5.75 Å². The van der Waals surface area contributed by atoms with E-state index in [-0.39, 0.29) is 17.9 Å². The summed E-state index contributed by atoms with van der Waals surface area (Å²) in [7, 11) is 1.48. The predicted octanol–water partition coefficient (Wildman–Crippen LogP) is 2.59. The lowest BCUT2D eigenvalue weighted by atomic mass is 10.1. The molecule has 28 heavy (non-hydrogen) atoms. The van der Waals surface area contributed by atoms with Crippen LogP contribution in [0, 0.1) is 0 Å². The molecule has 0 aliphatic carbocycles. The van der Waals surface area contributed by atoms with E-state index in [0.717, 1.165) is 6.42 Å². The van der Waals surface area contributed by atoms with Gasteiger partial charge in [0.1, 0.15) is 5.75 Å². The van der Waals surface area contributed by atoms with Crippen LogP contribution in [0.3, 0.4) is 0 Å². The number of halogens is 1. The minimum absolute atomic E-state index is 0.0539. The van der Waals surface area contributed by atoms with Crippen molar-refractivity contribution in [2.45, 2.75) is 12.5 Å². The summed E-state index contributed by atoms with van der Waals surface area (Å²) in [5.41, 5.74) is 0.960. The average Bonchev–Trinajstić information content (AvgIpc) is 3.17. The molecule has 2 heterocycles. The van der Waals surface area contributed by atoms with Crippen LogP contribution in [-0.4, -0.2) is 52.9 Å². The second-order valence-electron chi connectivity index (χ2n) is 6.21. The van der Waals surface area contributed by atoms with Gasteiger partial charge in [-0.1, -0.05) is 18.2 Å². The minimum atomic E-state index is -0.352. The summed E-state index contributed by atoms with van der Waals surface area (Å²) in [6, 6.07) is 4.97. The molecule has 2 N–H and O–H groups in total.